The molecule has 0 amide bonds. The molecule has 1 fully saturated rings. The van der Waals surface area contributed by atoms with Gasteiger partial charge < -0.3 is 5.32 Å². The Morgan fingerprint density at radius 1 is 1.19 bits per heavy atom. The number of sulfonamides is 1. The first-order valence-corrected chi connectivity index (χ1v) is 12.3. The van der Waals surface area contributed by atoms with Crippen molar-refractivity contribution >= 4 is 15.8 Å². The van der Waals surface area contributed by atoms with Crippen LogP contribution in [0, 0.1) is 22.2 Å². The van der Waals surface area contributed by atoms with E-state index in [0.717, 1.165) is 29.1 Å². The highest BCUT2D eigenvalue weighted by atomic mass is 32.2. The molecule has 9 heteroatoms. The number of hydrogen-bond acceptors (Lipinski definition) is 7. The Labute approximate surface area is 187 Å². The second-order valence-corrected chi connectivity index (χ2v) is 11.7. The van der Waals surface area contributed by atoms with Crippen molar-refractivity contribution in [2.24, 2.45) is 21.1 Å². The van der Waals surface area contributed by atoms with Crippen LogP contribution < -0.4 is 5.32 Å². The fourth-order valence-electron chi connectivity index (χ4n) is 5.60. The minimum absolute atomic E-state index is 0.124. The Hall–Kier alpha value is -2.83. The van der Waals surface area contributed by atoms with Crippen LogP contribution in [0.4, 0.5) is 0 Å². The fourth-order valence-corrected chi connectivity index (χ4v) is 7.09. The third-order valence-electron chi connectivity index (χ3n) is 7.06. The van der Waals surface area contributed by atoms with Crippen LogP contribution in [-0.4, -0.2) is 38.1 Å². The van der Waals surface area contributed by atoms with Crippen molar-refractivity contribution in [3.05, 3.63) is 52.5 Å². The molecule has 1 N–H and O–H groups in total. The van der Waals surface area contributed by atoms with Gasteiger partial charge in [-0.2, -0.15) is 14.7 Å². The number of piperidine rings is 1. The zero-order chi connectivity index (χ0) is 22.7. The molecule has 4 aliphatic rings. The number of fused-ring (bicyclic) bond motifs is 2. The summed E-state index contributed by atoms with van der Waals surface area (Å²) in [5.74, 6) is 0.868. The number of nitrogens with zero attached hydrogens (tertiary/aromatic N) is 4. The standard InChI is InChI=1S/C23H25N5O3S/c1-22(2)11-18-20(19(29)12-22)23(17-14-25-27-21(17)26-18)6-8-28(9-7-23)32(30,31)16-5-3-4-15(10-16)13-24/h3-5,10,26H,6-9,11-12,14H2,1-2H3. The number of carbonyl (C=O) groups excluding carboxylic acids is 1. The van der Waals surface area contributed by atoms with Crippen LogP contribution in [0.5, 0.6) is 0 Å². The summed E-state index contributed by atoms with van der Waals surface area (Å²) in [4.78, 5) is 13.5. The van der Waals surface area contributed by atoms with Crippen molar-refractivity contribution < 1.29 is 13.2 Å². The van der Waals surface area contributed by atoms with E-state index in [9.17, 15) is 13.2 Å². The summed E-state index contributed by atoms with van der Waals surface area (Å²) in [5, 5.41) is 21.0. The first-order chi connectivity index (χ1) is 15.2. The largest absolute Gasteiger partial charge is 0.342 e. The lowest BCUT2D eigenvalue weighted by Gasteiger charge is -2.48. The van der Waals surface area contributed by atoms with Gasteiger partial charge in [0.05, 0.1) is 23.1 Å². The van der Waals surface area contributed by atoms with Crippen molar-refractivity contribution in [1.82, 2.24) is 9.62 Å². The zero-order valence-corrected chi connectivity index (χ0v) is 19.0. The summed E-state index contributed by atoms with van der Waals surface area (Å²) < 4.78 is 28.0. The predicted molar refractivity (Wildman–Crippen MR) is 117 cm³/mol. The number of rotatable bonds is 2. The molecule has 8 nitrogen and oxygen atoms in total. The van der Waals surface area contributed by atoms with E-state index < -0.39 is 15.4 Å². The first kappa shape index (κ1) is 21.0. The van der Waals surface area contributed by atoms with E-state index in [1.54, 1.807) is 12.1 Å². The van der Waals surface area contributed by atoms with Gasteiger partial charge in [-0.3, -0.25) is 4.79 Å². The van der Waals surface area contributed by atoms with Gasteiger partial charge in [0, 0.05) is 41.8 Å². The van der Waals surface area contributed by atoms with Gasteiger partial charge in [-0.1, -0.05) is 19.9 Å². The summed E-state index contributed by atoms with van der Waals surface area (Å²) in [6, 6.07) is 8.10. The molecule has 3 heterocycles. The van der Waals surface area contributed by atoms with Gasteiger partial charge in [-0.05, 0) is 42.9 Å². The van der Waals surface area contributed by atoms with E-state index in [-0.39, 0.29) is 16.1 Å². The van der Waals surface area contributed by atoms with Gasteiger partial charge in [0.2, 0.25) is 10.0 Å². The van der Waals surface area contributed by atoms with Gasteiger partial charge in [0.25, 0.3) is 0 Å². The van der Waals surface area contributed by atoms with E-state index in [4.69, 9.17) is 5.26 Å². The molecule has 1 aromatic rings. The topological polar surface area (TPSA) is 115 Å². The maximum absolute atomic E-state index is 13.3. The van der Waals surface area contributed by atoms with Gasteiger partial charge in [-0.25, -0.2) is 8.42 Å². The molecule has 5 rings (SSSR count). The average Bonchev–Trinajstić information content (AvgIpc) is 3.22. The average molecular weight is 452 g/mol. The number of ketones is 1. The lowest BCUT2D eigenvalue weighted by atomic mass is 9.60. The highest BCUT2D eigenvalue weighted by Gasteiger charge is 2.53. The highest BCUT2D eigenvalue weighted by molar-refractivity contribution is 7.89. The van der Waals surface area contributed by atoms with Crippen molar-refractivity contribution in [1.29, 1.82) is 5.26 Å². The Bertz CT molecular complexity index is 1260. The first-order valence-electron chi connectivity index (χ1n) is 10.8. The summed E-state index contributed by atoms with van der Waals surface area (Å²) in [6.07, 6.45) is 2.27. The molecule has 1 aromatic carbocycles. The number of benzene rings is 1. The molecule has 0 bridgehead atoms. The van der Waals surface area contributed by atoms with Crippen LogP contribution in [0.1, 0.15) is 45.1 Å². The third-order valence-corrected chi connectivity index (χ3v) is 8.96. The van der Waals surface area contributed by atoms with Crippen LogP contribution in [0.2, 0.25) is 0 Å². The van der Waals surface area contributed by atoms with Gasteiger partial charge in [0.15, 0.2) is 11.6 Å². The molecular formula is C23H25N5O3S. The predicted octanol–water partition coefficient (Wildman–Crippen LogP) is 3.25. The molecule has 166 valence electrons. The normalized spacial score (nSPS) is 24.2. The Balaban J connectivity index is 1.49. The molecule has 1 saturated heterocycles. The van der Waals surface area contributed by atoms with Crippen molar-refractivity contribution in [3.63, 3.8) is 0 Å². The van der Waals surface area contributed by atoms with E-state index in [1.165, 1.54) is 16.4 Å². The zero-order valence-electron chi connectivity index (χ0n) is 18.2. The number of dihydropyridines is 1. The number of nitrogens with one attached hydrogen (secondary N) is 1. The van der Waals surface area contributed by atoms with Gasteiger partial charge in [0.1, 0.15) is 0 Å². The van der Waals surface area contributed by atoms with E-state index in [2.05, 4.69) is 29.4 Å². The molecule has 1 spiro atoms. The lowest BCUT2D eigenvalue weighted by molar-refractivity contribution is -0.119. The molecule has 32 heavy (non-hydrogen) atoms. The monoisotopic (exact) mass is 451 g/mol. The maximum Gasteiger partial charge on any atom is 0.243 e. The van der Waals surface area contributed by atoms with Crippen LogP contribution >= 0.6 is 0 Å². The Morgan fingerprint density at radius 3 is 2.66 bits per heavy atom. The van der Waals surface area contributed by atoms with E-state index in [1.807, 2.05) is 6.07 Å². The number of hydrogen-bond donors (Lipinski definition) is 1. The van der Waals surface area contributed by atoms with Crippen LogP contribution in [0.3, 0.4) is 0 Å². The second kappa shape index (κ2) is 7.09. The van der Waals surface area contributed by atoms with Crippen LogP contribution in [0.25, 0.3) is 0 Å². The minimum atomic E-state index is -3.73. The number of carbonyl (C=O) groups is 1. The molecule has 0 atom stereocenters. The molecule has 1 aliphatic carbocycles. The summed E-state index contributed by atoms with van der Waals surface area (Å²) in [5.41, 5.74) is 2.40. The highest BCUT2D eigenvalue weighted by Crippen LogP contribution is 2.55. The van der Waals surface area contributed by atoms with Crippen molar-refractivity contribution in [3.8, 4) is 6.07 Å². The van der Waals surface area contributed by atoms with Crippen LogP contribution in [0.15, 0.2) is 62.1 Å². The number of allylic oxidation sites excluding steroid dienone is 2. The molecule has 0 unspecified atom stereocenters. The minimum Gasteiger partial charge on any atom is -0.342 e. The Kier molecular flexibility index (Phi) is 4.66. The Morgan fingerprint density at radius 2 is 1.94 bits per heavy atom. The quantitative estimate of drug-likeness (QED) is 0.741. The van der Waals surface area contributed by atoms with Crippen molar-refractivity contribution in [2.45, 2.75) is 44.4 Å². The molecule has 0 aromatic heterocycles. The molecule has 0 saturated carbocycles. The molecular weight excluding hydrogens is 426 g/mol. The van der Waals surface area contributed by atoms with E-state index in [0.29, 0.717) is 44.5 Å². The second-order valence-electron chi connectivity index (χ2n) is 9.77. The van der Waals surface area contributed by atoms with Gasteiger partial charge in [-0.15, -0.1) is 5.11 Å². The summed E-state index contributed by atoms with van der Waals surface area (Å²) in [7, 11) is -3.73. The third kappa shape index (κ3) is 3.12. The smallest absolute Gasteiger partial charge is 0.243 e. The van der Waals surface area contributed by atoms with Gasteiger partial charge >= 0.3 is 0 Å². The van der Waals surface area contributed by atoms with Crippen molar-refractivity contribution in [2.75, 3.05) is 19.6 Å². The summed E-state index contributed by atoms with van der Waals surface area (Å²) >= 11 is 0. The van der Waals surface area contributed by atoms with Crippen LogP contribution in [-0.2, 0) is 14.8 Å². The number of Topliss-reactive ketones (excluding diaryl/α,β-unsaturated/α-hetero) is 1. The fraction of sp³-hybridized carbons (Fsp3) is 0.478. The maximum atomic E-state index is 13.3. The lowest BCUT2D eigenvalue weighted by Crippen LogP contribution is -2.50. The number of azo groups is 1. The van der Waals surface area contributed by atoms with E-state index >= 15 is 0 Å². The number of nitriles is 1. The molecule has 0 radical (unpaired) electrons. The SMILES string of the molecule is CC1(C)CC(=O)C2=C(C1)NC1=C(CN=N1)C21CCN(S(=O)(=O)c2cccc(C#N)c2)CC1. The molecule has 3 aliphatic heterocycles. The summed E-state index contributed by atoms with van der Waals surface area (Å²) in [6.45, 7) is 5.21.